The zero-order valence-electron chi connectivity index (χ0n) is 16.9. The molecule has 6 heteroatoms. The number of nitrogens with one attached hydrogen (secondary N) is 1. The van der Waals surface area contributed by atoms with E-state index in [-0.39, 0.29) is 5.91 Å². The van der Waals surface area contributed by atoms with Crippen LogP contribution in [0.2, 0.25) is 0 Å². The van der Waals surface area contributed by atoms with Crippen LogP contribution in [0.4, 0.5) is 0 Å². The number of amides is 1. The monoisotopic (exact) mass is 391 g/mol. The van der Waals surface area contributed by atoms with Crippen LogP contribution in [0.3, 0.4) is 0 Å². The third-order valence-corrected chi connectivity index (χ3v) is 5.43. The maximum absolute atomic E-state index is 13.3. The van der Waals surface area contributed by atoms with Crippen molar-refractivity contribution >= 4 is 5.91 Å². The van der Waals surface area contributed by atoms with E-state index in [0.29, 0.717) is 37.1 Å². The number of carbonyl (C=O) groups is 1. The summed E-state index contributed by atoms with van der Waals surface area (Å²) in [6.07, 6.45) is 3.48. The minimum absolute atomic E-state index is 0.00801. The van der Waals surface area contributed by atoms with Gasteiger partial charge in [0.2, 0.25) is 0 Å². The molecule has 4 rings (SSSR count). The molecule has 2 heterocycles. The molecule has 3 aromatic rings. The Kier molecular flexibility index (Phi) is 5.01. The van der Waals surface area contributed by atoms with E-state index in [1.54, 1.807) is 12.4 Å². The number of H-pyrrole nitrogens is 1. The van der Waals surface area contributed by atoms with Gasteiger partial charge < -0.3 is 19.4 Å². The summed E-state index contributed by atoms with van der Waals surface area (Å²) in [4.78, 5) is 22.9. The maximum atomic E-state index is 13.3. The molecule has 0 saturated carbocycles. The molecular formula is C23H25N3O3. The first-order valence-corrected chi connectivity index (χ1v) is 9.89. The normalized spacial score (nSPS) is 15.1. The van der Waals surface area contributed by atoms with Gasteiger partial charge in [-0.2, -0.15) is 0 Å². The Balaban J connectivity index is 1.84. The smallest absolute Gasteiger partial charge is 0.255 e. The number of rotatable bonds is 7. The number of nitrogens with zero attached hydrogens (tertiary/aromatic N) is 2. The molecule has 1 N–H and O–H groups in total. The highest BCUT2D eigenvalue weighted by Crippen LogP contribution is 2.42. The quantitative estimate of drug-likeness (QED) is 0.658. The van der Waals surface area contributed by atoms with Crippen LogP contribution in [0.1, 0.15) is 48.1 Å². The van der Waals surface area contributed by atoms with Gasteiger partial charge in [-0.05, 0) is 50.1 Å². The van der Waals surface area contributed by atoms with Crippen LogP contribution in [0.15, 0.2) is 54.9 Å². The molecule has 1 aliphatic rings. The van der Waals surface area contributed by atoms with E-state index in [1.165, 1.54) is 0 Å². The lowest BCUT2D eigenvalue weighted by molar-refractivity contribution is 0.0593. The predicted molar refractivity (Wildman–Crippen MR) is 110 cm³/mol. The number of benzene rings is 2. The zero-order chi connectivity index (χ0) is 20.4. The topological polar surface area (TPSA) is 67.5 Å². The van der Waals surface area contributed by atoms with Crippen LogP contribution in [-0.2, 0) is 12.1 Å². The van der Waals surface area contributed by atoms with Crippen molar-refractivity contribution in [1.82, 2.24) is 14.9 Å². The minimum Gasteiger partial charge on any atom is -0.490 e. The predicted octanol–water partition coefficient (Wildman–Crippen LogP) is 4.13. The third-order valence-electron chi connectivity index (χ3n) is 5.43. The van der Waals surface area contributed by atoms with Gasteiger partial charge in [-0.15, -0.1) is 0 Å². The Morgan fingerprint density at radius 2 is 1.86 bits per heavy atom. The van der Waals surface area contributed by atoms with Crippen molar-refractivity contribution in [2.24, 2.45) is 0 Å². The average molecular weight is 391 g/mol. The van der Waals surface area contributed by atoms with Crippen LogP contribution < -0.4 is 9.47 Å². The zero-order valence-corrected chi connectivity index (χ0v) is 16.9. The lowest BCUT2D eigenvalue weighted by Crippen LogP contribution is -2.45. The number of hydrogen-bond acceptors (Lipinski definition) is 4. The maximum Gasteiger partial charge on any atom is 0.255 e. The van der Waals surface area contributed by atoms with Crippen LogP contribution in [0.25, 0.3) is 0 Å². The molecule has 0 saturated heterocycles. The summed E-state index contributed by atoms with van der Waals surface area (Å²) < 4.78 is 11.6. The number of aromatic amines is 1. The first-order chi connectivity index (χ1) is 14.1. The highest BCUT2D eigenvalue weighted by atomic mass is 16.5. The number of aromatic nitrogens is 2. The molecule has 0 unspecified atom stereocenters. The van der Waals surface area contributed by atoms with Gasteiger partial charge in [0.15, 0.2) is 11.5 Å². The standard InChI is InChI=1S/C23H25N3O3/c1-4-28-19-11-10-17(14-20(19)29-5-2)23(3,22-24-12-13-25-22)26-15-16-8-6-7-9-18(16)21(26)27/h6-14H,4-5,15H2,1-3H3,(H,24,25)/t23-/m0/s1. The SMILES string of the molecule is CCOc1ccc([C@@](C)(c2ncc[nH]2)N2Cc3ccccc3C2=O)cc1OCC. The van der Waals surface area contributed by atoms with Crippen molar-refractivity contribution in [2.75, 3.05) is 13.2 Å². The van der Waals surface area contributed by atoms with E-state index in [1.807, 2.05) is 68.1 Å². The number of fused-ring (bicyclic) bond motifs is 1. The van der Waals surface area contributed by atoms with Gasteiger partial charge in [-0.25, -0.2) is 4.98 Å². The summed E-state index contributed by atoms with van der Waals surface area (Å²) in [5, 5.41) is 0. The van der Waals surface area contributed by atoms with E-state index < -0.39 is 5.54 Å². The third kappa shape index (κ3) is 3.14. The molecule has 0 bridgehead atoms. The second-order valence-electron chi connectivity index (χ2n) is 7.09. The van der Waals surface area contributed by atoms with Crippen molar-refractivity contribution < 1.29 is 14.3 Å². The van der Waals surface area contributed by atoms with Crippen LogP contribution >= 0.6 is 0 Å². The molecule has 1 atom stereocenters. The van der Waals surface area contributed by atoms with Crippen molar-refractivity contribution in [3.63, 3.8) is 0 Å². The van der Waals surface area contributed by atoms with E-state index in [0.717, 1.165) is 16.7 Å². The second kappa shape index (κ2) is 7.62. The van der Waals surface area contributed by atoms with Crippen molar-refractivity contribution in [1.29, 1.82) is 0 Å². The van der Waals surface area contributed by atoms with Gasteiger partial charge in [-0.1, -0.05) is 24.3 Å². The molecule has 1 aromatic heterocycles. The Labute approximate surface area is 170 Å². The lowest BCUT2D eigenvalue weighted by atomic mass is 9.88. The van der Waals surface area contributed by atoms with E-state index >= 15 is 0 Å². The van der Waals surface area contributed by atoms with E-state index in [4.69, 9.17) is 9.47 Å². The first kappa shape index (κ1) is 19.1. The van der Waals surface area contributed by atoms with Crippen molar-refractivity contribution in [2.45, 2.75) is 32.9 Å². The molecule has 29 heavy (non-hydrogen) atoms. The summed E-state index contributed by atoms with van der Waals surface area (Å²) in [6, 6.07) is 13.6. The molecule has 1 aliphatic heterocycles. The van der Waals surface area contributed by atoms with Gasteiger partial charge in [0.1, 0.15) is 11.4 Å². The van der Waals surface area contributed by atoms with Gasteiger partial charge in [0, 0.05) is 24.5 Å². The number of imidazole rings is 1. The Hall–Kier alpha value is -3.28. The molecule has 2 aromatic carbocycles. The minimum atomic E-state index is -0.795. The average Bonchev–Trinajstić information content (AvgIpc) is 3.39. The van der Waals surface area contributed by atoms with Crippen LogP contribution in [0.5, 0.6) is 11.5 Å². The molecule has 0 radical (unpaired) electrons. The van der Waals surface area contributed by atoms with E-state index in [9.17, 15) is 4.79 Å². The lowest BCUT2D eigenvalue weighted by Gasteiger charge is -2.38. The van der Waals surface area contributed by atoms with Gasteiger partial charge in [-0.3, -0.25) is 4.79 Å². The van der Waals surface area contributed by atoms with E-state index in [2.05, 4.69) is 9.97 Å². The Morgan fingerprint density at radius 3 is 2.55 bits per heavy atom. The summed E-state index contributed by atoms with van der Waals surface area (Å²) in [5.41, 5.74) is 1.86. The molecule has 0 aliphatic carbocycles. The van der Waals surface area contributed by atoms with Gasteiger partial charge >= 0.3 is 0 Å². The number of hydrogen-bond donors (Lipinski definition) is 1. The fourth-order valence-electron chi connectivity index (χ4n) is 3.92. The summed E-state index contributed by atoms with van der Waals surface area (Å²) in [7, 11) is 0. The largest absolute Gasteiger partial charge is 0.490 e. The van der Waals surface area contributed by atoms with Crippen LogP contribution in [0, 0.1) is 0 Å². The van der Waals surface area contributed by atoms with Crippen LogP contribution in [-0.4, -0.2) is 34.0 Å². The van der Waals surface area contributed by atoms with Gasteiger partial charge in [0.25, 0.3) is 5.91 Å². The fourth-order valence-corrected chi connectivity index (χ4v) is 3.92. The highest BCUT2D eigenvalue weighted by molar-refractivity contribution is 5.99. The second-order valence-corrected chi connectivity index (χ2v) is 7.09. The molecule has 150 valence electrons. The Bertz CT molecular complexity index is 1020. The summed E-state index contributed by atoms with van der Waals surface area (Å²) in [5.74, 6) is 2.04. The number of ether oxygens (including phenoxy) is 2. The summed E-state index contributed by atoms with van der Waals surface area (Å²) in [6.45, 7) is 7.49. The van der Waals surface area contributed by atoms with Crippen molar-refractivity contribution in [3.8, 4) is 11.5 Å². The summed E-state index contributed by atoms with van der Waals surface area (Å²) >= 11 is 0. The molecule has 1 amide bonds. The Morgan fingerprint density at radius 1 is 1.10 bits per heavy atom. The molecular weight excluding hydrogens is 366 g/mol. The molecule has 0 fully saturated rings. The number of carbonyl (C=O) groups excluding carboxylic acids is 1. The first-order valence-electron chi connectivity index (χ1n) is 9.89. The van der Waals surface area contributed by atoms with Gasteiger partial charge in [0.05, 0.1) is 13.2 Å². The van der Waals surface area contributed by atoms with Crippen molar-refractivity contribution in [3.05, 3.63) is 77.4 Å². The molecule has 0 spiro atoms. The fraction of sp³-hybridized carbons (Fsp3) is 0.304. The molecule has 6 nitrogen and oxygen atoms in total. The highest BCUT2D eigenvalue weighted by Gasteiger charge is 2.45.